The molecule has 2 aromatic rings. The number of amides is 2. The van der Waals surface area contributed by atoms with Crippen LogP contribution in [0.2, 0.25) is 0 Å². The minimum atomic E-state index is -1.17. The molecule has 33 heavy (non-hydrogen) atoms. The van der Waals surface area contributed by atoms with E-state index in [0.717, 1.165) is 31.4 Å². The smallest absolute Gasteiger partial charge is 0.325 e. The number of esters is 1. The summed E-state index contributed by atoms with van der Waals surface area (Å²) in [6, 6.07) is 7.24. The minimum absolute atomic E-state index is 0.204. The first-order valence-electron chi connectivity index (χ1n) is 11.6. The lowest BCUT2D eigenvalue weighted by Crippen LogP contribution is -2.64. The normalized spacial score (nSPS) is 20.2. The van der Waals surface area contributed by atoms with Gasteiger partial charge >= 0.3 is 5.97 Å². The molecule has 0 fully saturated rings. The number of hydrogen-bond acceptors (Lipinski definition) is 5. The van der Waals surface area contributed by atoms with Gasteiger partial charge in [-0.1, -0.05) is 11.6 Å². The summed E-state index contributed by atoms with van der Waals surface area (Å²) >= 11 is 0. The average molecular weight is 454 g/mol. The molecule has 0 saturated carbocycles. The van der Waals surface area contributed by atoms with Crippen molar-refractivity contribution >= 4 is 17.8 Å². The van der Waals surface area contributed by atoms with Crippen molar-refractivity contribution in [2.24, 2.45) is 0 Å². The van der Waals surface area contributed by atoms with Crippen LogP contribution in [0, 0.1) is 0 Å². The number of rotatable bonds is 8. The fourth-order valence-electron chi connectivity index (χ4n) is 4.70. The number of fused-ring (bicyclic) bond motifs is 1. The van der Waals surface area contributed by atoms with Crippen LogP contribution in [0.1, 0.15) is 56.4 Å². The van der Waals surface area contributed by atoms with Crippen LogP contribution in [-0.2, 0) is 20.9 Å². The Morgan fingerprint density at radius 3 is 2.73 bits per heavy atom. The molecule has 0 radical (unpaired) electrons. The number of allylic oxidation sites excluding steroid dienone is 1. The van der Waals surface area contributed by atoms with E-state index in [2.05, 4.69) is 11.4 Å². The van der Waals surface area contributed by atoms with Gasteiger partial charge in [0, 0.05) is 6.54 Å². The van der Waals surface area contributed by atoms with E-state index in [4.69, 9.17) is 9.15 Å². The summed E-state index contributed by atoms with van der Waals surface area (Å²) in [6.45, 7) is 4.17. The van der Waals surface area contributed by atoms with Crippen LogP contribution in [0.25, 0.3) is 11.5 Å². The van der Waals surface area contributed by atoms with Crippen LogP contribution in [0.4, 0.5) is 0 Å². The molecule has 1 unspecified atom stereocenters. The summed E-state index contributed by atoms with van der Waals surface area (Å²) in [7, 11) is 0. The van der Waals surface area contributed by atoms with Gasteiger partial charge < -0.3 is 23.9 Å². The third kappa shape index (κ3) is 4.60. The van der Waals surface area contributed by atoms with Crippen molar-refractivity contribution in [1.82, 2.24) is 14.8 Å². The molecule has 0 spiro atoms. The molecule has 1 N–H and O–H groups in total. The first kappa shape index (κ1) is 22.9. The Balaban J connectivity index is 1.63. The number of hydrogen-bond donors (Lipinski definition) is 1. The van der Waals surface area contributed by atoms with Gasteiger partial charge in [-0.05, 0) is 70.2 Å². The second kappa shape index (κ2) is 9.68. The molecular weight excluding hydrogens is 422 g/mol. The Kier molecular flexibility index (Phi) is 6.72. The zero-order chi connectivity index (χ0) is 23.4. The monoisotopic (exact) mass is 453 g/mol. The lowest BCUT2D eigenvalue weighted by molar-refractivity contribution is -0.145. The van der Waals surface area contributed by atoms with Gasteiger partial charge in [0.25, 0.3) is 5.91 Å². The van der Waals surface area contributed by atoms with E-state index in [1.807, 2.05) is 16.7 Å². The second-order valence-corrected chi connectivity index (χ2v) is 8.74. The lowest BCUT2D eigenvalue weighted by atomic mass is 9.92. The molecule has 1 atom stereocenters. The van der Waals surface area contributed by atoms with Crippen molar-refractivity contribution in [2.45, 2.75) is 58.0 Å². The summed E-state index contributed by atoms with van der Waals surface area (Å²) in [5, 5.41) is 2.68. The van der Waals surface area contributed by atoms with Crippen molar-refractivity contribution in [3.05, 3.63) is 47.9 Å². The second-order valence-electron chi connectivity index (χ2n) is 8.74. The highest BCUT2D eigenvalue weighted by atomic mass is 16.5. The van der Waals surface area contributed by atoms with Crippen molar-refractivity contribution < 1.29 is 23.5 Å². The maximum Gasteiger partial charge on any atom is 0.325 e. The Hall–Kier alpha value is -3.29. The third-order valence-electron chi connectivity index (χ3n) is 6.51. The molecule has 2 amide bonds. The number of nitrogens with zero attached hydrogens (tertiary/aromatic N) is 2. The van der Waals surface area contributed by atoms with E-state index in [1.54, 1.807) is 37.1 Å². The summed E-state index contributed by atoms with van der Waals surface area (Å²) in [6.07, 6.45) is 9.03. The Morgan fingerprint density at radius 2 is 2.03 bits per heavy atom. The molecule has 1 aliphatic heterocycles. The van der Waals surface area contributed by atoms with Crippen LogP contribution < -0.4 is 5.32 Å². The molecule has 0 aromatic carbocycles. The third-order valence-corrected chi connectivity index (χ3v) is 6.51. The maximum absolute atomic E-state index is 13.6. The zero-order valence-corrected chi connectivity index (χ0v) is 19.3. The van der Waals surface area contributed by atoms with Crippen LogP contribution >= 0.6 is 0 Å². The zero-order valence-electron chi connectivity index (χ0n) is 19.3. The molecule has 3 heterocycles. The first-order chi connectivity index (χ1) is 15.9. The summed E-state index contributed by atoms with van der Waals surface area (Å²) in [4.78, 5) is 40.5. The van der Waals surface area contributed by atoms with Crippen LogP contribution in [0.3, 0.4) is 0 Å². The molecule has 2 aromatic heterocycles. The Labute approximate surface area is 193 Å². The maximum atomic E-state index is 13.6. The molecule has 176 valence electrons. The highest BCUT2D eigenvalue weighted by molar-refractivity contribution is 6.01. The van der Waals surface area contributed by atoms with Gasteiger partial charge in [-0.3, -0.25) is 14.4 Å². The quantitative estimate of drug-likeness (QED) is 0.487. The van der Waals surface area contributed by atoms with Gasteiger partial charge in [0.1, 0.15) is 23.5 Å². The number of carbonyl (C=O) groups is 3. The van der Waals surface area contributed by atoms with Crippen molar-refractivity contribution in [1.29, 1.82) is 0 Å². The van der Waals surface area contributed by atoms with Crippen molar-refractivity contribution in [3.63, 3.8) is 0 Å². The van der Waals surface area contributed by atoms with Gasteiger partial charge in [0.15, 0.2) is 0 Å². The van der Waals surface area contributed by atoms with E-state index in [1.165, 1.54) is 12.0 Å². The number of ether oxygens (including phenoxy) is 1. The molecular formula is C25H31N3O5. The summed E-state index contributed by atoms with van der Waals surface area (Å²) in [5.41, 5.74) is 1.42. The van der Waals surface area contributed by atoms with Crippen molar-refractivity contribution in [3.8, 4) is 11.5 Å². The lowest BCUT2D eigenvalue weighted by Gasteiger charge is -2.44. The standard InChI is InChI=1S/C25H31N3O5/c1-3-32-22(29)16-26-24(31)25(2)17-27-19(21-10-7-15-33-21)11-12-20(27)23(30)28(25)14-13-18-8-5-4-6-9-18/h7-8,10-12,15H,3-6,9,13-14,16-17H2,1-2H3,(H,26,31). The van der Waals surface area contributed by atoms with E-state index in [0.29, 0.717) is 18.0 Å². The number of furan rings is 1. The number of nitrogens with one attached hydrogen (secondary N) is 1. The molecule has 8 heteroatoms. The largest absolute Gasteiger partial charge is 0.465 e. The summed E-state index contributed by atoms with van der Waals surface area (Å²) in [5.74, 6) is -0.465. The molecule has 8 nitrogen and oxygen atoms in total. The van der Waals surface area contributed by atoms with Crippen molar-refractivity contribution in [2.75, 3.05) is 19.7 Å². The summed E-state index contributed by atoms with van der Waals surface area (Å²) < 4.78 is 12.3. The van der Waals surface area contributed by atoms with Crippen LogP contribution in [0.15, 0.2) is 46.6 Å². The molecule has 4 rings (SSSR count). The van der Waals surface area contributed by atoms with E-state index < -0.39 is 11.5 Å². The van der Waals surface area contributed by atoms with E-state index in [-0.39, 0.29) is 31.5 Å². The average Bonchev–Trinajstić information content (AvgIpc) is 3.48. The highest BCUT2D eigenvalue weighted by Crippen LogP contribution is 2.34. The van der Waals surface area contributed by atoms with Gasteiger partial charge in [0.05, 0.1) is 25.1 Å². The SMILES string of the molecule is CCOC(=O)CNC(=O)C1(C)Cn2c(ccc2-c2ccco2)C(=O)N1CCC1=CCCCC1. The molecule has 2 aliphatic rings. The van der Waals surface area contributed by atoms with Gasteiger partial charge in [-0.15, -0.1) is 0 Å². The van der Waals surface area contributed by atoms with Gasteiger partial charge in [-0.2, -0.15) is 0 Å². The topological polar surface area (TPSA) is 93.8 Å². The number of aromatic nitrogens is 1. The first-order valence-corrected chi connectivity index (χ1v) is 11.6. The minimum Gasteiger partial charge on any atom is -0.465 e. The predicted molar refractivity (Wildman–Crippen MR) is 122 cm³/mol. The highest BCUT2D eigenvalue weighted by Gasteiger charge is 2.47. The fraction of sp³-hybridized carbons (Fsp3) is 0.480. The van der Waals surface area contributed by atoms with Gasteiger partial charge in [0.2, 0.25) is 5.91 Å². The van der Waals surface area contributed by atoms with E-state index >= 15 is 0 Å². The molecule has 0 saturated heterocycles. The van der Waals surface area contributed by atoms with E-state index in [9.17, 15) is 14.4 Å². The van der Waals surface area contributed by atoms with Crippen LogP contribution in [0.5, 0.6) is 0 Å². The molecule has 1 aliphatic carbocycles. The Morgan fingerprint density at radius 1 is 1.21 bits per heavy atom. The molecule has 0 bridgehead atoms. The van der Waals surface area contributed by atoms with Gasteiger partial charge in [-0.25, -0.2) is 0 Å². The van der Waals surface area contributed by atoms with Crippen LogP contribution in [-0.4, -0.2) is 52.5 Å². The Bertz CT molecular complexity index is 1050. The number of carbonyl (C=O) groups excluding carboxylic acids is 3. The predicted octanol–water partition coefficient (Wildman–Crippen LogP) is 3.53. The fourth-order valence-corrected chi connectivity index (χ4v) is 4.70.